The van der Waals surface area contributed by atoms with E-state index in [1.807, 2.05) is 27.7 Å². The number of hydrogen-bond donors (Lipinski definition) is 1. The number of amides is 2. The van der Waals surface area contributed by atoms with Gasteiger partial charge in [-0.15, -0.1) is 0 Å². The predicted octanol–water partition coefficient (Wildman–Crippen LogP) is 5.92. The first kappa shape index (κ1) is 32.2. The molecule has 41 heavy (non-hydrogen) atoms. The summed E-state index contributed by atoms with van der Waals surface area (Å²) in [5.41, 5.74) is 0.452. The Bertz CT molecular complexity index is 1440. The first-order valence-electron chi connectivity index (χ1n) is 13.1. The van der Waals surface area contributed by atoms with E-state index < -0.39 is 34.1 Å². The second-order valence-corrected chi connectivity index (χ2v) is 13.2. The number of ether oxygens (including phenoxy) is 1. The highest BCUT2D eigenvalue weighted by Gasteiger charge is 2.33. The quantitative estimate of drug-likeness (QED) is 0.287. The maximum absolute atomic E-state index is 14.0. The lowest BCUT2D eigenvalue weighted by molar-refractivity contribution is -0.140. The van der Waals surface area contributed by atoms with Crippen LogP contribution in [0.5, 0.6) is 5.75 Å². The number of halogens is 2. The smallest absolute Gasteiger partial charge is 0.264 e. The van der Waals surface area contributed by atoms with Gasteiger partial charge in [-0.05, 0) is 101 Å². The molecule has 2 amide bonds. The third-order valence-corrected chi connectivity index (χ3v) is 8.34. The molecule has 0 fully saturated rings. The summed E-state index contributed by atoms with van der Waals surface area (Å²) >= 11 is 12.0. The van der Waals surface area contributed by atoms with Gasteiger partial charge in [-0.1, -0.05) is 35.3 Å². The van der Waals surface area contributed by atoms with Gasteiger partial charge in [0.05, 0.1) is 17.2 Å². The van der Waals surface area contributed by atoms with Crippen LogP contribution in [0.4, 0.5) is 5.69 Å². The third-order valence-electron chi connectivity index (χ3n) is 6.05. The molecule has 220 valence electrons. The number of carbonyl (C=O) groups excluding carboxylic acids is 2. The highest BCUT2D eigenvalue weighted by atomic mass is 35.5. The molecule has 3 rings (SSSR count). The first-order valence-corrected chi connectivity index (χ1v) is 15.3. The van der Waals surface area contributed by atoms with Gasteiger partial charge in [-0.2, -0.15) is 0 Å². The van der Waals surface area contributed by atoms with Crippen LogP contribution in [0.25, 0.3) is 0 Å². The van der Waals surface area contributed by atoms with Crippen molar-refractivity contribution >= 4 is 50.7 Å². The molecule has 0 heterocycles. The number of nitrogens with one attached hydrogen (secondary N) is 1. The van der Waals surface area contributed by atoms with Gasteiger partial charge >= 0.3 is 0 Å². The summed E-state index contributed by atoms with van der Waals surface area (Å²) in [6.07, 6.45) is 0. The number of rotatable bonds is 11. The molecule has 0 aliphatic carbocycles. The summed E-state index contributed by atoms with van der Waals surface area (Å²) in [5, 5.41) is 3.81. The van der Waals surface area contributed by atoms with Crippen LogP contribution < -0.4 is 14.4 Å². The van der Waals surface area contributed by atoms with Crippen LogP contribution in [-0.2, 0) is 26.2 Å². The van der Waals surface area contributed by atoms with E-state index in [1.165, 1.54) is 29.2 Å². The lowest BCUT2D eigenvalue weighted by Crippen LogP contribution is -2.54. The fraction of sp³-hybridized carbons (Fsp3) is 0.333. The fourth-order valence-corrected chi connectivity index (χ4v) is 5.65. The van der Waals surface area contributed by atoms with E-state index in [0.29, 0.717) is 22.4 Å². The molecule has 11 heteroatoms. The summed E-state index contributed by atoms with van der Waals surface area (Å²) in [4.78, 5) is 28.5. The van der Waals surface area contributed by atoms with Crippen molar-refractivity contribution in [3.05, 3.63) is 88.4 Å². The Morgan fingerprint density at radius 2 is 1.44 bits per heavy atom. The van der Waals surface area contributed by atoms with Crippen molar-refractivity contribution < 1.29 is 22.7 Å². The van der Waals surface area contributed by atoms with Gasteiger partial charge < -0.3 is 15.0 Å². The molecular weight excluding hydrogens is 585 g/mol. The highest BCUT2D eigenvalue weighted by Crippen LogP contribution is 2.27. The molecule has 0 spiro atoms. The maximum atomic E-state index is 14.0. The van der Waals surface area contributed by atoms with Crippen molar-refractivity contribution in [3.63, 3.8) is 0 Å². The number of sulfonamides is 1. The summed E-state index contributed by atoms with van der Waals surface area (Å²) in [7, 11) is -4.21. The van der Waals surface area contributed by atoms with Crippen LogP contribution in [0.3, 0.4) is 0 Å². The maximum Gasteiger partial charge on any atom is 0.264 e. The van der Waals surface area contributed by atoms with Crippen LogP contribution in [0, 0.1) is 0 Å². The number of carbonyl (C=O) groups is 2. The molecular formula is C30H35Cl2N3O5S. The second kappa shape index (κ2) is 13.6. The molecule has 0 radical (unpaired) electrons. The van der Waals surface area contributed by atoms with Crippen LogP contribution >= 0.6 is 23.2 Å². The Hall–Kier alpha value is -3.27. The van der Waals surface area contributed by atoms with Gasteiger partial charge in [0.15, 0.2) is 0 Å². The lowest BCUT2D eigenvalue weighted by atomic mass is 10.1. The van der Waals surface area contributed by atoms with E-state index in [4.69, 9.17) is 27.9 Å². The Balaban J connectivity index is 2.03. The highest BCUT2D eigenvalue weighted by molar-refractivity contribution is 7.92. The third kappa shape index (κ3) is 8.86. The topological polar surface area (TPSA) is 96.0 Å². The predicted molar refractivity (Wildman–Crippen MR) is 163 cm³/mol. The minimum Gasteiger partial charge on any atom is -0.494 e. The zero-order valence-corrected chi connectivity index (χ0v) is 26.1. The van der Waals surface area contributed by atoms with Crippen molar-refractivity contribution in [1.29, 1.82) is 0 Å². The van der Waals surface area contributed by atoms with Crippen LogP contribution in [0.1, 0.15) is 40.2 Å². The zero-order chi connectivity index (χ0) is 30.4. The van der Waals surface area contributed by atoms with Gasteiger partial charge in [-0.25, -0.2) is 8.42 Å². The van der Waals surface area contributed by atoms with Crippen molar-refractivity contribution in [2.45, 2.75) is 57.6 Å². The Morgan fingerprint density at radius 3 is 1.95 bits per heavy atom. The van der Waals surface area contributed by atoms with Gasteiger partial charge in [0.25, 0.3) is 10.0 Å². The van der Waals surface area contributed by atoms with Crippen LogP contribution in [-0.4, -0.2) is 49.9 Å². The van der Waals surface area contributed by atoms with E-state index in [-0.39, 0.29) is 23.0 Å². The summed E-state index contributed by atoms with van der Waals surface area (Å²) in [6.45, 7) is 8.94. The van der Waals surface area contributed by atoms with Crippen LogP contribution in [0.15, 0.2) is 77.7 Å². The second-order valence-electron chi connectivity index (χ2n) is 10.5. The average molecular weight is 621 g/mol. The molecule has 1 N–H and O–H groups in total. The Labute approximate surface area is 252 Å². The van der Waals surface area contributed by atoms with Crippen molar-refractivity contribution in [2.24, 2.45) is 0 Å². The van der Waals surface area contributed by atoms with E-state index in [2.05, 4.69) is 5.32 Å². The van der Waals surface area contributed by atoms with Gasteiger partial charge in [0.1, 0.15) is 18.3 Å². The van der Waals surface area contributed by atoms with Crippen molar-refractivity contribution in [1.82, 2.24) is 10.2 Å². The van der Waals surface area contributed by atoms with Gasteiger partial charge in [0.2, 0.25) is 11.8 Å². The average Bonchev–Trinajstić information content (AvgIpc) is 2.91. The van der Waals surface area contributed by atoms with Gasteiger partial charge in [-0.3, -0.25) is 13.9 Å². The van der Waals surface area contributed by atoms with Crippen molar-refractivity contribution in [2.75, 3.05) is 17.5 Å². The van der Waals surface area contributed by atoms with E-state index in [9.17, 15) is 18.0 Å². The van der Waals surface area contributed by atoms with Gasteiger partial charge in [0, 0.05) is 22.1 Å². The molecule has 0 aromatic heterocycles. The molecule has 0 aliphatic rings. The zero-order valence-electron chi connectivity index (χ0n) is 23.7. The SMILES string of the molecule is CCOc1ccc(N(CC(=O)N(Cc2ccc(Cl)cc2)[C@@H](C)C(=O)NC(C)(C)C)S(=O)(=O)c2ccc(Cl)cc2)cc1. The minimum atomic E-state index is -4.21. The number of nitrogens with zero attached hydrogens (tertiary/aromatic N) is 2. The number of benzene rings is 3. The van der Waals surface area contributed by atoms with Crippen LogP contribution in [0.2, 0.25) is 10.0 Å². The fourth-order valence-electron chi connectivity index (χ4n) is 3.98. The normalized spacial score (nSPS) is 12.4. The molecule has 8 nitrogen and oxygen atoms in total. The monoisotopic (exact) mass is 619 g/mol. The van der Waals surface area contributed by atoms with Crippen molar-refractivity contribution in [3.8, 4) is 5.75 Å². The standard InChI is InChI=1S/C30H35Cl2N3O5S/c1-6-40-26-15-13-25(14-16-26)35(41(38,39)27-17-11-24(32)12-18-27)20-28(36)34(19-22-7-9-23(31)10-8-22)21(2)29(37)33-30(3,4)5/h7-18,21H,6,19-20H2,1-5H3,(H,33,37)/t21-/m0/s1. The molecule has 3 aromatic rings. The molecule has 1 atom stereocenters. The lowest BCUT2D eigenvalue weighted by Gasteiger charge is -2.33. The summed E-state index contributed by atoms with van der Waals surface area (Å²) < 4.78 is 34.3. The number of hydrogen-bond acceptors (Lipinski definition) is 5. The Morgan fingerprint density at radius 1 is 0.902 bits per heavy atom. The molecule has 0 aliphatic heterocycles. The van der Waals surface area contributed by atoms with E-state index in [1.54, 1.807) is 55.5 Å². The summed E-state index contributed by atoms with van der Waals surface area (Å²) in [5.74, 6) is -0.376. The van der Waals surface area contributed by atoms with E-state index in [0.717, 1.165) is 9.87 Å². The minimum absolute atomic E-state index is 0.0358. The molecule has 0 bridgehead atoms. The Kier molecular flexibility index (Phi) is 10.7. The molecule has 3 aromatic carbocycles. The molecule has 0 saturated carbocycles. The number of anilines is 1. The van der Waals surface area contributed by atoms with E-state index >= 15 is 0 Å². The first-order chi connectivity index (χ1) is 19.2. The molecule has 0 saturated heterocycles. The largest absolute Gasteiger partial charge is 0.494 e. The summed E-state index contributed by atoms with van der Waals surface area (Å²) in [6, 6.07) is 18.1. The molecule has 0 unspecified atom stereocenters.